The molecule has 0 saturated heterocycles. The molecule has 13 heavy (non-hydrogen) atoms. The summed E-state index contributed by atoms with van der Waals surface area (Å²) < 4.78 is 32.1. The SMILES string of the molecule is CCCSC(N)=S.O=S(=O)(O)O.[NaH]. The summed E-state index contributed by atoms with van der Waals surface area (Å²) >= 11 is 6.14. The van der Waals surface area contributed by atoms with E-state index in [-0.39, 0.29) is 29.6 Å². The molecule has 0 radical (unpaired) electrons. The number of hydrogen-bond donors (Lipinski definition) is 3. The van der Waals surface area contributed by atoms with E-state index in [0.29, 0.717) is 4.32 Å². The zero-order chi connectivity index (χ0) is 10.2. The molecular formula is C4H12NNaO4S3. The maximum atomic E-state index is 8.74. The predicted octanol–water partition coefficient (Wildman–Crippen LogP) is 0.0719. The van der Waals surface area contributed by atoms with E-state index >= 15 is 0 Å². The van der Waals surface area contributed by atoms with Crippen LogP contribution in [-0.4, -0.2) is 57.2 Å². The van der Waals surface area contributed by atoms with E-state index in [2.05, 4.69) is 19.1 Å². The summed E-state index contributed by atoms with van der Waals surface area (Å²) in [4.78, 5) is 0. The van der Waals surface area contributed by atoms with Crippen molar-refractivity contribution in [2.45, 2.75) is 13.3 Å². The monoisotopic (exact) mass is 257 g/mol. The second-order valence-corrected chi connectivity index (χ2v) is 4.35. The van der Waals surface area contributed by atoms with Crippen molar-refractivity contribution in [1.29, 1.82) is 0 Å². The molecule has 0 aromatic rings. The van der Waals surface area contributed by atoms with Crippen LogP contribution in [0, 0.1) is 0 Å². The van der Waals surface area contributed by atoms with Crippen LogP contribution in [0.2, 0.25) is 0 Å². The van der Waals surface area contributed by atoms with Gasteiger partial charge in [0.15, 0.2) is 0 Å². The molecule has 0 heterocycles. The van der Waals surface area contributed by atoms with Crippen LogP contribution in [-0.2, 0) is 10.4 Å². The predicted molar refractivity (Wildman–Crippen MR) is 60.9 cm³/mol. The molecule has 0 amide bonds. The van der Waals surface area contributed by atoms with Gasteiger partial charge in [-0.05, 0) is 12.2 Å². The molecular weight excluding hydrogens is 245 g/mol. The third-order valence-electron chi connectivity index (χ3n) is 0.448. The van der Waals surface area contributed by atoms with Crippen molar-refractivity contribution in [2.24, 2.45) is 5.73 Å². The Morgan fingerprint density at radius 3 is 1.92 bits per heavy atom. The molecule has 0 rings (SSSR count). The quantitative estimate of drug-likeness (QED) is 0.365. The van der Waals surface area contributed by atoms with E-state index in [1.165, 1.54) is 0 Å². The van der Waals surface area contributed by atoms with Crippen LogP contribution in [0.1, 0.15) is 13.3 Å². The molecule has 0 bridgehead atoms. The first kappa shape index (κ1) is 19.6. The van der Waals surface area contributed by atoms with Crippen molar-refractivity contribution in [2.75, 3.05) is 5.75 Å². The van der Waals surface area contributed by atoms with Crippen molar-refractivity contribution < 1.29 is 17.5 Å². The van der Waals surface area contributed by atoms with Gasteiger partial charge in [-0.1, -0.05) is 30.9 Å². The van der Waals surface area contributed by atoms with Crippen LogP contribution in [0.3, 0.4) is 0 Å². The normalized spacial score (nSPS) is 9.15. The fraction of sp³-hybridized carbons (Fsp3) is 0.750. The minimum atomic E-state index is -4.67. The molecule has 76 valence electrons. The van der Waals surface area contributed by atoms with Gasteiger partial charge < -0.3 is 5.73 Å². The van der Waals surface area contributed by atoms with Gasteiger partial charge in [0.25, 0.3) is 0 Å². The molecule has 0 saturated carbocycles. The maximum absolute atomic E-state index is 8.74. The van der Waals surface area contributed by atoms with E-state index in [4.69, 9.17) is 23.3 Å². The van der Waals surface area contributed by atoms with Crippen LogP contribution in [0.4, 0.5) is 0 Å². The average molecular weight is 257 g/mol. The Hall–Kier alpha value is 1.11. The molecule has 0 aromatic carbocycles. The van der Waals surface area contributed by atoms with Crippen molar-refractivity contribution in [3.05, 3.63) is 0 Å². The molecule has 5 nitrogen and oxygen atoms in total. The Kier molecular flexibility index (Phi) is 16.9. The minimum absolute atomic E-state index is 0. The number of thioether (sulfide) groups is 1. The van der Waals surface area contributed by atoms with E-state index in [9.17, 15) is 0 Å². The topological polar surface area (TPSA) is 101 Å². The molecule has 0 unspecified atom stereocenters. The molecule has 9 heteroatoms. The van der Waals surface area contributed by atoms with Crippen molar-refractivity contribution >= 4 is 68.3 Å². The first-order valence-electron chi connectivity index (χ1n) is 2.89. The van der Waals surface area contributed by atoms with Crippen molar-refractivity contribution in [1.82, 2.24) is 0 Å². The molecule has 0 aliphatic rings. The molecule has 0 aliphatic carbocycles. The van der Waals surface area contributed by atoms with Crippen LogP contribution < -0.4 is 5.73 Å². The third-order valence-corrected chi connectivity index (χ3v) is 1.70. The fourth-order valence-corrected chi connectivity index (χ4v) is 0.858. The zero-order valence-corrected chi connectivity index (χ0v) is 8.88. The Bertz CT molecular complexity index is 209. The Balaban J connectivity index is -0.000000150. The summed E-state index contributed by atoms with van der Waals surface area (Å²) in [6.45, 7) is 2.10. The van der Waals surface area contributed by atoms with E-state index in [1.807, 2.05) is 0 Å². The third kappa shape index (κ3) is 62.0. The van der Waals surface area contributed by atoms with Gasteiger partial charge in [0, 0.05) is 0 Å². The molecule has 0 aliphatic heterocycles. The summed E-state index contributed by atoms with van der Waals surface area (Å²) in [5.74, 6) is 1.05. The number of nitrogens with two attached hydrogens (primary N) is 1. The molecule has 4 N–H and O–H groups in total. The molecule has 0 aromatic heterocycles. The van der Waals surface area contributed by atoms with E-state index in [1.54, 1.807) is 11.8 Å². The second kappa shape index (κ2) is 11.2. The summed E-state index contributed by atoms with van der Waals surface area (Å²) in [5.41, 5.74) is 5.17. The van der Waals surface area contributed by atoms with Gasteiger partial charge in [0.2, 0.25) is 0 Å². The number of rotatable bonds is 2. The number of thiocarbonyl (C=S) groups is 1. The van der Waals surface area contributed by atoms with Gasteiger partial charge in [0.05, 0.1) is 0 Å². The summed E-state index contributed by atoms with van der Waals surface area (Å²) in [6.07, 6.45) is 1.14. The Morgan fingerprint density at radius 2 is 1.85 bits per heavy atom. The van der Waals surface area contributed by atoms with E-state index in [0.717, 1.165) is 12.2 Å². The second-order valence-electron chi connectivity index (χ2n) is 1.62. The molecule has 0 spiro atoms. The van der Waals surface area contributed by atoms with Crippen molar-refractivity contribution in [3.63, 3.8) is 0 Å². The van der Waals surface area contributed by atoms with Crippen LogP contribution >= 0.6 is 24.0 Å². The Labute approximate surface area is 110 Å². The van der Waals surface area contributed by atoms with Crippen LogP contribution in [0.25, 0.3) is 0 Å². The number of hydrogen-bond acceptors (Lipinski definition) is 4. The summed E-state index contributed by atoms with van der Waals surface area (Å²) in [5, 5.41) is 0. The van der Waals surface area contributed by atoms with Gasteiger partial charge in [-0.15, -0.1) is 0 Å². The average Bonchev–Trinajstić information content (AvgIpc) is 1.79. The standard InChI is InChI=1S/C4H9NS2.Na.H2O4S.H/c1-2-3-7-4(5)6;;1-5(2,3)4;/h2-3H2,1H3,(H2,5,6);;(H2,1,2,3,4);. The summed E-state index contributed by atoms with van der Waals surface area (Å²) in [6, 6.07) is 0. The fourth-order valence-electron chi connectivity index (χ4n) is 0.203. The van der Waals surface area contributed by atoms with Gasteiger partial charge in [-0.3, -0.25) is 9.11 Å². The van der Waals surface area contributed by atoms with Gasteiger partial charge in [0.1, 0.15) is 4.32 Å². The molecule has 0 atom stereocenters. The Morgan fingerprint density at radius 1 is 1.54 bits per heavy atom. The first-order valence-corrected chi connectivity index (χ1v) is 5.68. The van der Waals surface area contributed by atoms with Crippen LogP contribution in [0.15, 0.2) is 0 Å². The van der Waals surface area contributed by atoms with E-state index < -0.39 is 10.4 Å². The van der Waals surface area contributed by atoms with Gasteiger partial charge >= 0.3 is 40.0 Å². The zero-order valence-electron chi connectivity index (χ0n) is 6.43. The van der Waals surface area contributed by atoms with Crippen molar-refractivity contribution in [3.8, 4) is 0 Å². The summed E-state index contributed by atoms with van der Waals surface area (Å²) in [7, 11) is -4.67. The first-order chi connectivity index (χ1) is 5.27. The molecule has 0 fully saturated rings. The van der Waals surface area contributed by atoms with Gasteiger partial charge in [-0.2, -0.15) is 8.42 Å². The van der Waals surface area contributed by atoms with Crippen LogP contribution in [0.5, 0.6) is 0 Å². The van der Waals surface area contributed by atoms with Gasteiger partial charge in [-0.25, -0.2) is 0 Å².